The third kappa shape index (κ3) is 23.9. The monoisotopic (exact) mass is 959 g/mol. The number of amides is 1. The van der Waals surface area contributed by atoms with Crippen molar-refractivity contribution in [2.75, 3.05) is 26.4 Å². The van der Waals surface area contributed by atoms with E-state index in [1.54, 1.807) is 20.8 Å². The summed E-state index contributed by atoms with van der Waals surface area (Å²) in [5.74, 6) is -3.75. The standard InChI is InChI=1S/C46H90N2O11Si4/c1-20-22-24-53-40(50)37(21-2)30-46(10,42(52)56-33-38-32-55-38)29-36(31-47)28-45(9,27-35(3)39(49)48-44(7,8)34-43(4,5)6)41(51)54-25-23-26-63(57-60(11,12)13,58-61(14,15)16)59-62(17,18)19/h35-38H,20-30,32-34H2,1-19H3,(H,48,49). The van der Waals surface area contributed by atoms with Crippen molar-refractivity contribution in [3.05, 3.63) is 0 Å². The average Bonchev–Trinajstić information content (AvgIpc) is 3.92. The number of rotatable bonds is 30. The Hall–Kier alpha value is -1.92. The quantitative estimate of drug-likeness (QED) is 0.0238. The molecule has 1 amide bonds. The zero-order valence-corrected chi connectivity index (χ0v) is 47.1. The van der Waals surface area contributed by atoms with E-state index in [0.717, 1.165) is 19.3 Å². The molecule has 1 saturated heterocycles. The minimum absolute atomic E-state index is 0.00652. The summed E-state index contributed by atoms with van der Waals surface area (Å²) in [7, 11) is -9.61. The van der Waals surface area contributed by atoms with Crippen LogP contribution >= 0.6 is 0 Å². The van der Waals surface area contributed by atoms with E-state index in [1.165, 1.54) is 0 Å². The Labute approximate surface area is 387 Å². The summed E-state index contributed by atoms with van der Waals surface area (Å²) < 4.78 is 43.3. The average molecular weight is 960 g/mol. The number of epoxide rings is 1. The molecule has 0 saturated carbocycles. The van der Waals surface area contributed by atoms with Gasteiger partial charge in [0.1, 0.15) is 12.7 Å². The normalized spacial score (nSPS) is 18.5. The summed E-state index contributed by atoms with van der Waals surface area (Å²) >= 11 is 0. The zero-order valence-electron chi connectivity index (χ0n) is 43.1. The van der Waals surface area contributed by atoms with Crippen LogP contribution in [0.4, 0.5) is 0 Å². The van der Waals surface area contributed by atoms with E-state index in [9.17, 15) is 24.4 Å². The second kappa shape index (κ2) is 24.2. The van der Waals surface area contributed by atoms with E-state index in [0.29, 0.717) is 25.5 Å². The summed E-state index contributed by atoms with van der Waals surface area (Å²) in [6, 6.07) is 2.87. The topological polar surface area (TPSA) is 172 Å². The fourth-order valence-corrected chi connectivity index (χ4v) is 23.1. The van der Waals surface area contributed by atoms with Gasteiger partial charge in [-0.2, -0.15) is 5.26 Å². The Kier molecular flexibility index (Phi) is 22.7. The van der Waals surface area contributed by atoms with Gasteiger partial charge in [0.15, 0.2) is 25.0 Å². The van der Waals surface area contributed by atoms with Gasteiger partial charge in [-0.05, 0) is 143 Å². The van der Waals surface area contributed by atoms with E-state index < -0.39 is 79.8 Å². The number of hydrogen-bond acceptors (Lipinski definition) is 12. The molecule has 0 aromatic rings. The van der Waals surface area contributed by atoms with Crippen molar-refractivity contribution in [3.8, 4) is 6.07 Å². The molecule has 366 valence electrons. The van der Waals surface area contributed by atoms with Crippen LogP contribution in [0.2, 0.25) is 65.0 Å². The number of nitrogens with zero attached hydrogens (tertiary/aromatic N) is 1. The largest absolute Gasteiger partial charge is 0.469 e. The zero-order chi connectivity index (χ0) is 48.9. The van der Waals surface area contributed by atoms with Crippen molar-refractivity contribution in [2.45, 2.75) is 204 Å². The maximum absolute atomic E-state index is 14.6. The Bertz CT molecular complexity index is 1480. The fraction of sp³-hybridized carbons (Fsp3) is 0.891. The van der Waals surface area contributed by atoms with E-state index in [2.05, 4.69) is 91.1 Å². The highest BCUT2D eigenvalue weighted by Crippen LogP contribution is 2.43. The molecule has 13 nitrogen and oxygen atoms in total. The molecule has 1 fully saturated rings. The SMILES string of the molecule is CCCCOC(=O)C(CC)CC(C)(CC(C#N)CC(C)(CC(C)C(=O)NC(C)(C)CC(C)(C)C)C(=O)OCCC[Si](O[Si](C)(C)C)(O[Si](C)(C)C)O[Si](C)(C)C)C(=O)OCC1CO1. The predicted molar refractivity (Wildman–Crippen MR) is 259 cm³/mol. The van der Waals surface area contributed by atoms with Crippen LogP contribution in [0.3, 0.4) is 0 Å². The number of hydrogen-bond donors (Lipinski definition) is 1. The van der Waals surface area contributed by atoms with Gasteiger partial charge in [-0.25, -0.2) is 0 Å². The minimum Gasteiger partial charge on any atom is -0.465 e. The summed E-state index contributed by atoms with van der Waals surface area (Å²) in [6.07, 6.45) is 3.23. The van der Waals surface area contributed by atoms with E-state index in [1.807, 2.05) is 27.7 Å². The summed E-state index contributed by atoms with van der Waals surface area (Å²) in [4.78, 5) is 55.8. The first-order valence-corrected chi connectivity index (χ1v) is 35.6. The van der Waals surface area contributed by atoms with Gasteiger partial charge in [0.05, 0.1) is 42.6 Å². The molecular weight excluding hydrogens is 869 g/mol. The first-order chi connectivity index (χ1) is 28.5. The number of nitriles is 1. The molecule has 1 rings (SSSR count). The van der Waals surface area contributed by atoms with Crippen molar-refractivity contribution in [1.82, 2.24) is 5.32 Å². The molecule has 6 atom stereocenters. The Morgan fingerprint density at radius 2 is 1.21 bits per heavy atom. The van der Waals surface area contributed by atoms with Crippen LogP contribution in [-0.4, -0.2) is 95.6 Å². The molecule has 1 aliphatic heterocycles. The second-order valence-electron chi connectivity index (χ2n) is 23.5. The predicted octanol–water partition coefficient (Wildman–Crippen LogP) is 10.4. The first kappa shape index (κ1) is 59.1. The summed E-state index contributed by atoms with van der Waals surface area (Å²) in [6.45, 7) is 39.6. The van der Waals surface area contributed by atoms with E-state index in [4.69, 9.17) is 31.3 Å². The molecule has 0 aliphatic carbocycles. The Morgan fingerprint density at radius 3 is 1.63 bits per heavy atom. The molecule has 0 spiro atoms. The van der Waals surface area contributed by atoms with Crippen molar-refractivity contribution >= 4 is 57.6 Å². The smallest absolute Gasteiger partial charge is 0.465 e. The highest BCUT2D eigenvalue weighted by atomic mass is 28.5. The number of carbonyl (C=O) groups is 4. The van der Waals surface area contributed by atoms with Gasteiger partial charge in [-0.1, -0.05) is 48.0 Å². The maximum atomic E-state index is 14.6. The lowest BCUT2D eigenvalue weighted by molar-refractivity contribution is -0.160. The minimum atomic E-state index is -3.20. The van der Waals surface area contributed by atoms with Crippen LogP contribution in [0, 0.1) is 45.3 Å². The molecule has 0 bridgehead atoms. The van der Waals surface area contributed by atoms with Crippen molar-refractivity contribution in [2.24, 2.45) is 34.0 Å². The molecule has 0 aromatic heterocycles. The molecular formula is C46H90N2O11Si4. The maximum Gasteiger partial charge on any atom is 0.469 e. The second-order valence-corrected chi connectivity index (χ2v) is 40.5. The molecule has 1 aliphatic rings. The molecule has 6 unspecified atom stereocenters. The fourth-order valence-electron chi connectivity index (χ4n) is 8.47. The van der Waals surface area contributed by atoms with Crippen LogP contribution in [0.25, 0.3) is 0 Å². The molecule has 0 aromatic carbocycles. The van der Waals surface area contributed by atoms with Crippen LogP contribution in [0.15, 0.2) is 0 Å². The van der Waals surface area contributed by atoms with Gasteiger partial charge in [-0.3, -0.25) is 19.2 Å². The summed E-state index contributed by atoms with van der Waals surface area (Å²) in [5, 5.41) is 14.0. The van der Waals surface area contributed by atoms with E-state index in [-0.39, 0.29) is 68.9 Å². The molecule has 0 radical (unpaired) electrons. The third-order valence-electron chi connectivity index (χ3n) is 10.5. The molecule has 1 heterocycles. The van der Waals surface area contributed by atoms with Gasteiger partial charge in [0, 0.05) is 23.4 Å². The molecule has 17 heteroatoms. The number of nitrogens with one attached hydrogen (secondary N) is 1. The van der Waals surface area contributed by atoms with Gasteiger partial charge in [-0.15, -0.1) is 0 Å². The van der Waals surface area contributed by atoms with Crippen molar-refractivity contribution in [1.29, 1.82) is 5.26 Å². The van der Waals surface area contributed by atoms with Crippen molar-refractivity contribution < 1.29 is 50.5 Å². The van der Waals surface area contributed by atoms with Gasteiger partial charge in [0.25, 0.3) is 0 Å². The Morgan fingerprint density at radius 1 is 0.730 bits per heavy atom. The van der Waals surface area contributed by atoms with Crippen LogP contribution in [0.5, 0.6) is 0 Å². The van der Waals surface area contributed by atoms with Crippen LogP contribution in [0.1, 0.15) is 127 Å². The van der Waals surface area contributed by atoms with Crippen LogP contribution in [-0.2, 0) is 50.5 Å². The van der Waals surface area contributed by atoms with E-state index >= 15 is 0 Å². The molecule has 1 N–H and O–H groups in total. The highest BCUT2D eigenvalue weighted by Gasteiger charge is 2.50. The van der Waals surface area contributed by atoms with Gasteiger partial charge in [0.2, 0.25) is 5.91 Å². The van der Waals surface area contributed by atoms with Crippen molar-refractivity contribution in [3.63, 3.8) is 0 Å². The number of esters is 3. The lowest BCUT2D eigenvalue weighted by atomic mass is 9.68. The number of unbranched alkanes of at least 4 members (excludes halogenated alkanes) is 1. The first-order valence-electron chi connectivity index (χ1n) is 23.5. The lowest BCUT2D eigenvalue weighted by Crippen LogP contribution is -2.60. The molecule has 63 heavy (non-hydrogen) atoms. The summed E-state index contributed by atoms with van der Waals surface area (Å²) in [5.41, 5.74) is -3.14. The van der Waals surface area contributed by atoms with Crippen LogP contribution < -0.4 is 5.32 Å². The van der Waals surface area contributed by atoms with Gasteiger partial charge >= 0.3 is 26.7 Å². The van der Waals surface area contributed by atoms with Gasteiger partial charge < -0.3 is 36.6 Å². The highest BCUT2D eigenvalue weighted by molar-refractivity contribution is 6.90. The lowest BCUT2D eigenvalue weighted by Gasteiger charge is -2.43. The Balaban J connectivity index is 3.61. The number of ether oxygens (including phenoxy) is 4. The third-order valence-corrected chi connectivity index (χ3v) is 22.6. The number of carbonyl (C=O) groups excluding carboxylic acids is 4.